The highest BCUT2D eigenvalue weighted by atomic mass is 35.5. The van der Waals surface area contributed by atoms with Gasteiger partial charge in [-0.15, -0.1) is 0 Å². The highest BCUT2D eigenvalue weighted by Gasteiger charge is 2.31. The molecule has 1 fully saturated rings. The van der Waals surface area contributed by atoms with Crippen molar-refractivity contribution >= 4 is 11.6 Å². The SMILES string of the molecule is CNC(Cc1c(C)nn(C)c1Cl)C(OC)C1CCCCC1. The van der Waals surface area contributed by atoms with Gasteiger partial charge in [-0.2, -0.15) is 5.10 Å². The van der Waals surface area contributed by atoms with E-state index in [2.05, 4.69) is 10.4 Å². The fraction of sp³-hybridized carbons (Fsp3) is 0.812. The first kappa shape index (κ1) is 16.8. The van der Waals surface area contributed by atoms with Gasteiger partial charge >= 0.3 is 0 Å². The van der Waals surface area contributed by atoms with Gasteiger partial charge in [-0.25, -0.2) is 0 Å². The minimum absolute atomic E-state index is 0.242. The topological polar surface area (TPSA) is 39.1 Å². The lowest BCUT2D eigenvalue weighted by Crippen LogP contribution is -2.45. The molecular formula is C16H28ClN3O. The molecule has 2 rings (SSSR count). The third-order valence-corrected chi connectivity index (χ3v) is 5.32. The van der Waals surface area contributed by atoms with Gasteiger partial charge in [0.1, 0.15) is 5.15 Å². The maximum Gasteiger partial charge on any atom is 0.130 e. The van der Waals surface area contributed by atoms with Crippen molar-refractivity contribution in [1.82, 2.24) is 15.1 Å². The Morgan fingerprint density at radius 3 is 2.52 bits per heavy atom. The molecule has 0 aromatic carbocycles. The van der Waals surface area contributed by atoms with E-state index in [0.29, 0.717) is 5.92 Å². The number of ether oxygens (including phenoxy) is 1. The molecule has 21 heavy (non-hydrogen) atoms. The Morgan fingerprint density at radius 2 is 2.05 bits per heavy atom. The molecule has 0 radical (unpaired) electrons. The fourth-order valence-electron chi connectivity index (χ4n) is 3.66. The molecule has 1 saturated carbocycles. The van der Waals surface area contributed by atoms with Crippen molar-refractivity contribution in [3.8, 4) is 0 Å². The lowest BCUT2D eigenvalue weighted by Gasteiger charge is -2.35. The summed E-state index contributed by atoms with van der Waals surface area (Å²) in [6.07, 6.45) is 7.68. The molecule has 0 bridgehead atoms. The van der Waals surface area contributed by atoms with Gasteiger partial charge in [-0.1, -0.05) is 30.9 Å². The Kier molecular flexibility index (Phi) is 6.08. The van der Waals surface area contributed by atoms with Crippen molar-refractivity contribution < 1.29 is 4.74 Å². The Morgan fingerprint density at radius 1 is 1.38 bits per heavy atom. The van der Waals surface area contributed by atoms with E-state index in [1.165, 1.54) is 32.1 Å². The number of aromatic nitrogens is 2. The Balaban J connectivity index is 2.13. The Hall–Kier alpha value is -0.580. The molecule has 0 amide bonds. The number of hydrogen-bond acceptors (Lipinski definition) is 3. The molecule has 2 unspecified atom stereocenters. The normalized spacial score (nSPS) is 19.7. The summed E-state index contributed by atoms with van der Waals surface area (Å²) in [5.41, 5.74) is 2.15. The summed E-state index contributed by atoms with van der Waals surface area (Å²) in [6.45, 7) is 2.02. The zero-order chi connectivity index (χ0) is 15.4. The summed E-state index contributed by atoms with van der Waals surface area (Å²) in [5, 5.41) is 8.60. The van der Waals surface area contributed by atoms with Crippen LogP contribution in [0.5, 0.6) is 0 Å². The zero-order valence-electron chi connectivity index (χ0n) is 13.7. The van der Waals surface area contributed by atoms with Gasteiger partial charge in [0.25, 0.3) is 0 Å². The third-order valence-electron chi connectivity index (χ3n) is 4.85. The molecule has 1 aromatic rings. The summed E-state index contributed by atoms with van der Waals surface area (Å²) in [6, 6.07) is 0.276. The molecule has 1 N–H and O–H groups in total. The standard InChI is InChI=1S/C16H28ClN3O/c1-11-13(16(17)20(3)19-11)10-14(18-2)15(21-4)12-8-6-5-7-9-12/h12,14-15,18H,5-10H2,1-4H3. The molecule has 1 aromatic heterocycles. The average molecular weight is 314 g/mol. The van der Waals surface area contributed by atoms with Crippen molar-refractivity contribution in [2.24, 2.45) is 13.0 Å². The smallest absolute Gasteiger partial charge is 0.130 e. The summed E-state index contributed by atoms with van der Waals surface area (Å²) >= 11 is 6.38. The fourth-order valence-corrected chi connectivity index (χ4v) is 3.91. The van der Waals surface area contributed by atoms with E-state index in [4.69, 9.17) is 16.3 Å². The summed E-state index contributed by atoms with van der Waals surface area (Å²) in [7, 11) is 5.74. The number of hydrogen-bond donors (Lipinski definition) is 1. The summed E-state index contributed by atoms with van der Waals surface area (Å²) in [4.78, 5) is 0. The molecule has 5 heteroatoms. The molecule has 2 atom stereocenters. The van der Waals surface area contributed by atoms with Gasteiger partial charge < -0.3 is 10.1 Å². The zero-order valence-corrected chi connectivity index (χ0v) is 14.4. The number of likely N-dealkylation sites (N-methyl/N-ethyl adjacent to an activating group) is 1. The molecule has 1 heterocycles. The highest BCUT2D eigenvalue weighted by molar-refractivity contribution is 6.30. The van der Waals surface area contributed by atoms with E-state index >= 15 is 0 Å². The van der Waals surface area contributed by atoms with Gasteiger partial charge in [0, 0.05) is 25.8 Å². The first-order chi connectivity index (χ1) is 10.1. The van der Waals surface area contributed by atoms with Crippen LogP contribution in [0.25, 0.3) is 0 Å². The van der Waals surface area contributed by atoms with Crippen molar-refractivity contribution in [3.05, 3.63) is 16.4 Å². The van der Waals surface area contributed by atoms with Gasteiger partial charge in [0.15, 0.2) is 0 Å². The van der Waals surface area contributed by atoms with E-state index < -0.39 is 0 Å². The quantitative estimate of drug-likeness (QED) is 0.877. The van der Waals surface area contributed by atoms with Crippen LogP contribution in [0.2, 0.25) is 5.15 Å². The van der Waals surface area contributed by atoms with Crippen LogP contribution in [0.4, 0.5) is 0 Å². The van der Waals surface area contributed by atoms with E-state index in [-0.39, 0.29) is 12.1 Å². The molecule has 0 aliphatic heterocycles. The van der Waals surface area contributed by atoms with Crippen LogP contribution < -0.4 is 5.32 Å². The monoisotopic (exact) mass is 313 g/mol. The first-order valence-electron chi connectivity index (χ1n) is 7.96. The van der Waals surface area contributed by atoms with Crippen LogP contribution >= 0.6 is 11.6 Å². The largest absolute Gasteiger partial charge is 0.380 e. The maximum absolute atomic E-state index is 6.38. The Bertz CT molecular complexity index is 455. The van der Waals surface area contributed by atoms with Crippen LogP contribution in [0.1, 0.15) is 43.4 Å². The van der Waals surface area contributed by atoms with Crippen molar-refractivity contribution in [1.29, 1.82) is 0 Å². The molecule has 0 saturated heterocycles. The minimum Gasteiger partial charge on any atom is -0.380 e. The van der Waals surface area contributed by atoms with E-state index in [9.17, 15) is 0 Å². The van der Waals surface area contributed by atoms with Crippen LogP contribution in [0.3, 0.4) is 0 Å². The number of nitrogens with zero attached hydrogens (tertiary/aromatic N) is 2. The van der Waals surface area contributed by atoms with Crippen molar-refractivity contribution in [3.63, 3.8) is 0 Å². The minimum atomic E-state index is 0.242. The number of halogens is 1. The van der Waals surface area contributed by atoms with E-state index in [1.807, 2.05) is 28.1 Å². The van der Waals surface area contributed by atoms with Crippen LogP contribution in [0, 0.1) is 12.8 Å². The van der Waals surface area contributed by atoms with Crippen LogP contribution in [0.15, 0.2) is 0 Å². The van der Waals surface area contributed by atoms with Gasteiger partial charge in [0.2, 0.25) is 0 Å². The molecule has 120 valence electrons. The maximum atomic E-state index is 6.38. The molecule has 1 aliphatic rings. The summed E-state index contributed by atoms with van der Waals surface area (Å²) < 4.78 is 7.62. The predicted octanol–water partition coefficient (Wildman–Crippen LogP) is 3.11. The lowest BCUT2D eigenvalue weighted by atomic mass is 9.81. The van der Waals surface area contributed by atoms with Crippen LogP contribution in [-0.4, -0.2) is 36.1 Å². The third kappa shape index (κ3) is 3.79. The second-order valence-electron chi connectivity index (χ2n) is 6.18. The van der Waals surface area contributed by atoms with Gasteiger partial charge in [-0.3, -0.25) is 4.68 Å². The predicted molar refractivity (Wildman–Crippen MR) is 86.9 cm³/mol. The lowest BCUT2D eigenvalue weighted by molar-refractivity contribution is 0.0101. The average Bonchev–Trinajstić information content (AvgIpc) is 2.74. The molecule has 4 nitrogen and oxygen atoms in total. The Labute approximate surface area is 133 Å². The van der Waals surface area contributed by atoms with Crippen LogP contribution in [-0.2, 0) is 18.2 Å². The van der Waals surface area contributed by atoms with Crippen molar-refractivity contribution in [2.75, 3.05) is 14.2 Å². The van der Waals surface area contributed by atoms with E-state index in [1.54, 1.807) is 4.68 Å². The second kappa shape index (κ2) is 7.61. The first-order valence-corrected chi connectivity index (χ1v) is 8.34. The number of nitrogens with one attached hydrogen (secondary N) is 1. The number of rotatable bonds is 6. The number of methoxy groups -OCH3 is 1. The molecule has 0 spiro atoms. The molecular weight excluding hydrogens is 286 g/mol. The molecule has 1 aliphatic carbocycles. The number of aryl methyl sites for hydroxylation is 2. The highest BCUT2D eigenvalue weighted by Crippen LogP contribution is 2.31. The van der Waals surface area contributed by atoms with E-state index in [0.717, 1.165) is 22.8 Å². The second-order valence-corrected chi connectivity index (χ2v) is 6.53. The van der Waals surface area contributed by atoms with Gasteiger partial charge in [0.05, 0.1) is 11.8 Å². The van der Waals surface area contributed by atoms with Crippen molar-refractivity contribution in [2.45, 2.75) is 57.6 Å². The summed E-state index contributed by atoms with van der Waals surface area (Å²) in [5.74, 6) is 0.650. The van der Waals surface area contributed by atoms with Gasteiger partial charge in [-0.05, 0) is 39.2 Å².